The maximum Gasteiger partial charge on any atom is 0.263 e. The number of alkyl halides is 2. The largest absolute Gasteiger partial charge is 0.369 e. The standard InChI is InChI=1S/C8H7F2N3/c9-7(10)4-1-2-5-6(3-4)13-8(11)12-5/h1-3,7H,(H3,11,12,13). The molecule has 0 saturated heterocycles. The molecule has 1 aromatic carbocycles. The Labute approximate surface area is 72.6 Å². The van der Waals surface area contributed by atoms with Crippen LogP contribution in [0.5, 0.6) is 0 Å². The van der Waals surface area contributed by atoms with E-state index in [0.717, 1.165) is 0 Å². The Hall–Kier alpha value is -1.65. The van der Waals surface area contributed by atoms with Crippen LogP contribution in [0, 0.1) is 0 Å². The van der Waals surface area contributed by atoms with Crippen LogP contribution in [0.25, 0.3) is 11.0 Å². The summed E-state index contributed by atoms with van der Waals surface area (Å²) in [7, 11) is 0. The van der Waals surface area contributed by atoms with Gasteiger partial charge in [-0.15, -0.1) is 0 Å². The zero-order valence-corrected chi connectivity index (χ0v) is 6.59. The summed E-state index contributed by atoms with van der Waals surface area (Å²) < 4.78 is 24.5. The van der Waals surface area contributed by atoms with E-state index >= 15 is 0 Å². The van der Waals surface area contributed by atoms with Crippen molar-refractivity contribution in [2.24, 2.45) is 0 Å². The number of imidazole rings is 1. The molecule has 3 N–H and O–H groups in total. The highest BCUT2D eigenvalue weighted by Crippen LogP contribution is 2.22. The fraction of sp³-hybridized carbons (Fsp3) is 0.125. The molecule has 0 amide bonds. The zero-order chi connectivity index (χ0) is 9.42. The number of aromatic amines is 1. The van der Waals surface area contributed by atoms with Crippen LogP contribution in [-0.2, 0) is 0 Å². The summed E-state index contributed by atoms with van der Waals surface area (Å²) in [5.74, 6) is 0.237. The smallest absolute Gasteiger partial charge is 0.263 e. The van der Waals surface area contributed by atoms with E-state index in [1.807, 2.05) is 0 Å². The molecule has 2 rings (SSSR count). The molecule has 68 valence electrons. The van der Waals surface area contributed by atoms with E-state index < -0.39 is 6.43 Å². The average molecular weight is 183 g/mol. The molecule has 1 aromatic heterocycles. The van der Waals surface area contributed by atoms with Gasteiger partial charge in [-0.1, -0.05) is 6.07 Å². The average Bonchev–Trinajstić information content (AvgIpc) is 2.42. The number of rotatable bonds is 1. The maximum atomic E-state index is 12.2. The molecule has 3 nitrogen and oxygen atoms in total. The first-order chi connectivity index (χ1) is 6.16. The molecule has 13 heavy (non-hydrogen) atoms. The number of hydrogen-bond donors (Lipinski definition) is 2. The van der Waals surface area contributed by atoms with Gasteiger partial charge < -0.3 is 10.7 Å². The first-order valence-electron chi connectivity index (χ1n) is 3.70. The van der Waals surface area contributed by atoms with E-state index in [-0.39, 0.29) is 11.5 Å². The van der Waals surface area contributed by atoms with Crippen LogP contribution in [-0.4, -0.2) is 9.97 Å². The van der Waals surface area contributed by atoms with E-state index in [4.69, 9.17) is 5.73 Å². The van der Waals surface area contributed by atoms with E-state index in [1.54, 1.807) is 0 Å². The van der Waals surface area contributed by atoms with Gasteiger partial charge in [0, 0.05) is 5.56 Å². The summed E-state index contributed by atoms with van der Waals surface area (Å²) in [6.45, 7) is 0. The van der Waals surface area contributed by atoms with Crippen molar-refractivity contribution in [3.8, 4) is 0 Å². The van der Waals surface area contributed by atoms with E-state index in [2.05, 4.69) is 9.97 Å². The molecule has 0 spiro atoms. The summed E-state index contributed by atoms with van der Waals surface area (Å²) >= 11 is 0. The van der Waals surface area contributed by atoms with Gasteiger partial charge in [-0.2, -0.15) is 0 Å². The van der Waals surface area contributed by atoms with Crippen LogP contribution in [0.15, 0.2) is 18.2 Å². The fourth-order valence-electron chi connectivity index (χ4n) is 1.18. The highest BCUT2D eigenvalue weighted by atomic mass is 19.3. The Balaban J connectivity index is 2.61. The van der Waals surface area contributed by atoms with Crippen molar-refractivity contribution in [3.63, 3.8) is 0 Å². The minimum absolute atomic E-state index is 0.0313. The lowest BCUT2D eigenvalue weighted by Gasteiger charge is -1.97. The third-order valence-electron chi connectivity index (χ3n) is 1.78. The number of fused-ring (bicyclic) bond motifs is 1. The van der Waals surface area contributed by atoms with E-state index in [1.165, 1.54) is 18.2 Å². The highest BCUT2D eigenvalue weighted by molar-refractivity contribution is 5.77. The van der Waals surface area contributed by atoms with Gasteiger partial charge in [-0.05, 0) is 12.1 Å². The Kier molecular flexibility index (Phi) is 1.65. The van der Waals surface area contributed by atoms with E-state index in [0.29, 0.717) is 11.0 Å². The molecule has 0 aliphatic carbocycles. The zero-order valence-electron chi connectivity index (χ0n) is 6.59. The number of halogens is 2. The molecule has 0 aliphatic rings. The minimum atomic E-state index is -2.46. The van der Waals surface area contributed by atoms with Gasteiger partial charge in [-0.25, -0.2) is 13.8 Å². The van der Waals surface area contributed by atoms with Crippen molar-refractivity contribution in [1.29, 1.82) is 0 Å². The molecular weight excluding hydrogens is 176 g/mol. The Bertz CT molecular complexity index is 436. The second-order valence-corrected chi connectivity index (χ2v) is 2.70. The van der Waals surface area contributed by atoms with Crippen molar-refractivity contribution in [3.05, 3.63) is 23.8 Å². The SMILES string of the molecule is Nc1nc2ccc(C(F)F)cc2[nH]1. The predicted molar refractivity (Wildman–Crippen MR) is 45.5 cm³/mol. The molecule has 2 aromatic rings. The van der Waals surface area contributed by atoms with Crippen molar-refractivity contribution in [1.82, 2.24) is 9.97 Å². The van der Waals surface area contributed by atoms with Crippen LogP contribution in [0.1, 0.15) is 12.0 Å². The number of aromatic nitrogens is 2. The van der Waals surface area contributed by atoms with Crippen molar-refractivity contribution >= 4 is 17.0 Å². The molecule has 1 heterocycles. The lowest BCUT2D eigenvalue weighted by molar-refractivity contribution is 0.151. The molecular formula is C8H7F2N3. The number of H-pyrrole nitrogens is 1. The Morgan fingerprint density at radius 3 is 2.85 bits per heavy atom. The quantitative estimate of drug-likeness (QED) is 0.711. The molecule has 0 aliphatic heterocycles. The lowest BCUT2D eigenvalue weighted by Crippen LogP contribution is -1.84. The number of anilines is 1. The Morgan fingerprint density at radius 1 is 1.38 bits per heavy atom. The number of nitrogens with two attached hydrogens (primary N) is 1. The molecule has 5 heteroatoms. The van der Waals surface area contributed by atoms with Gasteiger partial charge in [0.15, 0.2) is 5.95 Å². The maximum absolute atomic E-state index is 12.2. The Morgan fingerprint density at radius 2 is 2.15 bits per heavy atom. The number of nitrogens with zero attached hydrogens (tertiary/aromatic N) is 1. The molecule has 0 atom stereocenters. The van der Waals surface area contributed by atoms with Gasteiger partial charge >= 0.3 is 0 Å². The molecule has 0 unspecified atom stereocenters. The molecule has 0 saturated carbocycles. The van der Waals surface area contributed by atoms with Crippen LogP contribution in [0.2, 0.25) is 0 Å². The molecule has 0 bridgehead atoms. The molecule has 0 radical (unpaired) electrons. The highest BCUT2D eigenvalue weighted by Gasteiger charge is 2.08. The van der Waals surface area contributed by atoms with Crippen LogP contribution < -0.4 is 5.73 Å². The van der Waals surface area contributed by atoms with Gasteiger partial charge in [0.2, 0.25) is 0 Å². The number of benzene rings is 1. The summed E-state index contributed by atoms with van der Waals surface area (Å²) in [6.07, 6.45) is -2.46. The van der Waals surface area contributed by atoms with Crippen molar-refractivity contribution in [2.75, 3.05) is 5.73 Å². The van der Waals surface area contributed by atoms with Gasteiger partial charge in [-0.3, -0.25) is 0 Å². The van der Waals surface area contributed by atoms with E-state index in [9.17, 15) is 8.78 Å². The minimum Gasteiger partial charge on any atom is -0.369 e. The van der Waals surface area contributed by atoms with Crippen molar-refractivity contribution < 1.29 is 8.78 Å². The second kappa shape index (κ2) is 2.69. The van der Waals surface area contributed by atoms with Crippen LogP contribution in [0.3, 0.4) is 0 Å². The van der Waals surface area contributed by atoms with Crippen LogP contribution in [0.4, 0.5) is 14.7 Å². The third kappa shape index (κ3) is 1.32. The fourth-order valence-corrected chi connectivity index (χ4v) is 1.18. The first-order valence-corrected chi connectivity index (χ1v) is 3.70. The molecule has 0 fully saturated rings. The van der Waals surface area contributed by atoms with Gasteiger partial charge in [0.05, 0.1) is 11.0 Å². The number of nitrogen functional groups attached to an aromatic ring is 1. The first kappa shape index (κ1) is 7.97. The van der Waals surface area contributed by atoms with Crippen LogP contribution >= 0.6 is 0 Å². The normalized spacial score (nSPS) is 11.3. The summed E-state index contributed by atoms with van der Waals surface area (Å²) in [4.78, 5) is 6.58. The van der Waals surface area contributed by atoms with Crippen molar-refractivity contribution in [2.45, 2.75) is 6.43 Å². The predicted octanol–water partition coefficient (Wildman–Crippen LogP) is 2.08. The summed E-state index contributed by atoms with van der Waals surface area (Å²) in [5.41, 5.74) is 6.47. The number of nitrogens with one attached hydrogen (secondary N) is 1. The van der Waals surface area contributed by atoms with Gasteiger partial charge in [0.25, 0.3) is 6.43 Å². The number of hydrogen-bond acceptors (Lipinski definition) is 2. The van der Waals surface area contributed by atoms with Gasteiger partial charge in [0.1, 0.15) is 0 Å². The second-order valence-electron chi connectivity index (χ2n) is 2.70. The summed E-state index contributed by atoms with van der Waals surface area (Å²) in [5, 5.41) is 0. The lowest BCUT2D eigenvalue weighted by atomic mass is 10.2. The third-order valence-corrected chi connectivity index (χ3v) is 1.78. The summed E-state index contributed by atoms with van der Waals surface area (Å²) in [6, 6.07) is 4.21. The monoisotopic (exact) mass is 183 g/mol. The topological polar surface area (TPSA) is 54.7 Å².